The van der Waals surface area contributed by atoms with Crippen LogP contribution >= 0.6 is 0 Å². The maximum Gasteiger partial charge on any atom is 0.328 e. The Morgan fingerprint density at radius 1 is 0.955 bits per heavy atom. The number of nitrogens with zero attached hydrogens (tertiary/aromatic N) is 8. The fourth-order valence-electron chi connectivity index (χ4n) is 1.28. The van der Waals surface area contributed by atoms with E-state index in [9.17, 15) is 10.4 Å². The summed E-state index contributed by atoms with van der Waals surface area (Å²) < 4.78 is 8.34. The molecular weight excluding hydrogens is 300 g/mol. The highest BCUT2D eigenvalue weighted by molar-refractivity contribution is 5.99. The summed E-state index contributed by atoms with van der Waals surface area (Å²) in [6.45, 7) is 0. The number of rotatable bonds is 3. The molecular formula is C8H4N10O4. The monoisotopic (exact) mass is 304 g/mol. The molecule has 0 atom stereocenters. The fraction of sp³-hybridized carbons (Fsp3) is 0. The Kier molecular flexibility index (Phi) is 3.51. The van der Waals surface area contributed by atoms with Crippen LogP contribution in [0, 0.1) is 33.1 Å². The van der Waals surface area contributed by atoms with Crippen molar-refractivity contribution in [1.82, 2.24) is 10.3 Å². The maximum atomic E-state index is 11.2. The standard InChI is InChI=1S/C8H4N10O4/c9-1-3-5(17(19)21-15-3)7(11)13-14-8(12)6-4(2-10)16-22-18(6)20/h(H2,11,13)(H2,12,14). The molecule has 0 radical (unpaired) electrons. The number of aromatic nitrogens is 4. The van der Waals surface area contributed by atoms with Crippen molar-refractivity contribution in [3.05, 3.63) is 33.2 Å². The molecule has 4 N–H and O–H groups in total. The van der Waals surface area contributed by atoms with E-state index < -0.39 is 34.4 Å². The van der Waals surface area contributed by atoms with Crippen molar-refractivity contribution in [3.8, 4) is 12.1 Å². The van der Waals surface area contributed by atoms with E-state index in [2.05, 4.69) is 29.8 Å². The number of hydrogen-bond acceptors (Lipinski definition) is 10. The van der Waals surface area contributed by atoms with Gasteiger partial charge in [-0.25, -0.2) is 0 Å². The Morgan fingerprint density at radius 2 is 1.32 bits per heavy atom. The maximum absolute atomic E-state index is 11.2. The molecule has 0 unspecified atom stereocenters. The van der Waals surface area contributed by atoms with Crippen LogP contribution in [0.1, 0.15) is 22.8 Å². The number of nitriles is 2. The van der Waals surface area contributed by atoms with E-state index in [0.717, 1.165) is 0 Å². The van der Waals surface area contributed by atoms with E-state index in [1.54, 1.807) is 12.1 Å². The zero-order valence-corrected chi connectivity index (χ0v) is 10.4. The molecule has 14 heteroatoms. The highest BCUT2D eigenvalue weighted by Crippen LogP contribution is 2.01. The average Bonchev–Trinajstić information content (AvgIpc) is 3.06. The van der Waals surface area contributed by atoms with Gasteiger partial charge in [0.05, 0.1) is 10.3 Å². The van der Waals surface area contributed by atoms with Crippen molar-refractivity contribution < 1.29 is 19.1 Å². The van der Waals surface area contributed by atoms with E-state index in [-0.39, 0.29) is 9.81 Å². The lowest BCUT2D eigenvalue weighted by molar-refractivity contribution is -0.803. The van der Waals surface area contributed by atoms with E-state index in [1.165, 1.54) is 0 Å². The predicted octanol–water partition coefficient (Wildman–Crippen LogP) is -3.30. The Hall–Kier alpha value is -4.20. The lowest BCUT2D eigenvalue weighted by atomic mass is 10.3. The van der Waals surface area contributed by atoms with E-state index in [4.69, 9.17) is 22.0 Å². The van der Waals surface area contributed by atoms with Crippen LogP contribution in [-0.4, -0.2) is 22.0 Å². The third-order valence-electron chi connectivity index (χ3n) is 2.19. The molecule has 0 aliphatic heterocycles. The second kappa shape index (κ2) is 5.43. The van der Waals surface area contributed by atoms with E-state index in [0.29, 0.717) is 0 Å². The van der Waals surface area contributed by atoms with Gasteiger partial charge in [0.15, 0.2) is 12.1 Å². The third-order valence-corrected chi connectivity index (χ3v) is 2.19. The van der Waals surface area contributed by atoms with Crippen molar-refractivity contribution in [2.75, 3.05) is 0 Å². The SMILES string of the molecule is N#Cc1no[n+]([O-])c1/C(N)=N/N=C(\N)c1c(C#N)no[n+]1[O-]. The minimum Gasteiger partial charge on any atom is -0.378 e. The summed E-state index contributed by atoms with van der Waals surface area (Å²) in [5.74, 6) is -1.11. The molecule has 14 nitrogen and oxygen atoms in total. The minimum absolute atomic E-state index is 0.156. The van der Waals surface area contributed by atoms with Crippen LogP contribution < -0.4 is 21.3 Å². The van der Waals surface area contributed by atoms with Gasteiger partial charge in [-0.05, 0) is 9.81 Å². The van der Waals surface area contributed by atoms with E-state index >= 15 is 0 Å². The summed E-state index contributed by atoms with van der Waals surface area (Å²) in [5.41, 5.74) is 9.09. The smallest absolute Gasteiger partial charge is 0.328 e. The van der Waals surface area contributed by atoms with Gasteiger partial charge in [0.2, 0.25) is 11.7 Å². The van der Waals surface area contributed by atoms with Gasteiger partial charge in [0, 0.05) is 0 Å². The molecule has 0 saturated heterocycles. The van der Waals surface area contributed by atoms with Crippen molar-refractivity contribution >= 4 is 11.7 Å². The van der Waals surface area contributed by atoms with Gasteiger partial charge in [-0.15, -0.1) is 10.2 Å². The fourth-order valence-corrected chi connectivity index (χ4v) is 1.28. The molecule has 0 aromatic carbocycles. The summed E-state index contributed by atoms with van der Waals surface area (Å²) in [4.78, 5) is -0.312. The van der Waals surface area contributed by atoms with Gasteiger partial charge in [-0.2, -0.15) is 10.5 Å². The largest absolute Gasteiger partial charge is 0.378 e. The van der Waals surface area contributed by atoms with Crippen molar-refractivity contribution in [2.24, 2.45) is 21.7 Å². The second-order valence-electron chi connectivity index (χ2n) is 3.45. The Bertz CT molecular complexity index is 790. The minimum atomic E-state index is -0.553. The molecule has 0 spiro atoms. The van der Waals surface area contributed by atoms with Crippen LogP contribution in [0.5, 0.6) is 0 Å². The second-order valence-corrected chi connectivity index (χ2v) is 3.45. The highest BCUT2D eigenvalue weighted by Gasteiger charge is 2.25. The Balaban J connectivity index is 2.42. The van der Waals surface area contributed by atoms with Crippen molar-refractivity contribution in [2.45, 2.75) is 0 Å². The molecule has 2 rings (SSSR count). The zero-order valence-electron chi connectivity index (χ0n) is 10.4. The van der Waals surface area contributed by atoms with E-state index in [1.807, 2.05) is 0 Å². The molecule has 0 amide bonds. The molecule has 2 aromatic heterocycles. The summed E-state index contributed by atoms with van der Waals surface area (Å²) in [6.07, 6.45) is 0. The van der Waals surface area contributed by atoms with Gasteiger partial charge >= 0.3 is 11.4 Å². The van der Waals surface area contributed by atoms with Crippen LogP contribution in [-0.2, 0) is 0 Å². The van der Waals surface area contributed by atoms with Gasteiger partial charge in [-0.3, -0.25) is 9.26 Å². The van der Waals surface area contributed by atoms with Crippen molar-refractivity contribution in [3.63, 3.8) is 0 Å². The summed E-state index contributed by atoms with van der Waals surface area (Å²) in [7, 11) is 0. The van der Waals surface area contributed by atoms with Gasteiger partial charge in [0.25, 0.3) is 11.4 Å². The first-order valence-electron chi connectivity index (χ1n) is 5.16. The molecule has 110 valence electrons. The first-order valence-corrected chi connectivity index (χ1v) is 5.16. The normalized spacial score (nSPS) is 11.9. The molecule has 0 saturated carbocycles. The number of nitrogens with two attached hydrogens (primary N) is 2. The zero-order chi connectivity index (χ0) is 16.3. The van der Waals surface area contributed by atoms with Crippen LogP contribution in [0.15, 0.2) is 19.5 Å². The number of hydrogen-bond donors (Lipinski definition) is 2. The molecule has 0 fully saturated rings. The predicted molar refractivity (Wildman–Crippen MR) is 61.8 cm³/mol. The lowest BCUT2D eigenvalue weighted by Crippen LogP contribution is -2.36. The third kappa shape index (κ3) is 2.30. The summed E-state index contributed by atoms with van der Waals surface area (Å²) in [6, 6.07) is 3.10. The van der Waals surface area contributed by atoms with Crippen LogP contribution in [0.2, 0.25) is 0 Å². The van der Waals surface area contributed by atoms with Crippen LogP contribution in [0.25, 0.3) is 0 Å². The summed E-state index contributed by atoms with van der Waals surface area (Å²) in [5, 5.41) is 52.9. The Morgan fingerprint density at radius 3 is 1.64 bits per heavy atom. The first kappa shape index (κ1) is 14.2. The van der Waals surface area contributed by atoms with Crippen LogP contribution in [0.3, 0.4) is 0 Å². The van der Waals surface area contributed by atoms with Gasteiger partial charge in [0.1, 0.15) is 0 Å². The highest BCUT2D eigenvalue weighted by atomic mass is 16.8. The lowest BCUT2D eigenvalue weighted by Gasteiger charge is -1.95. The molecule has 0 aliphatic rings. The molecule has 22 heavy (non-hydrogen) atoms. The quantitative estimate of drug-likeness (QED) is 0.248. The molecule has 2 aromatic rings. The topological polar surface area (TPSA) is 230 Å². The molecule has 2 heterocycles. The first-order chi connectivity index (χ1) is 10.5. The van der Waals surface area contributed by atoms with Gasteiger partial charge in [-0.1, -0.05) is 0 Å². The van der Waals surface area contributed by atoms with Crippen molar-refractivity contribution in [1.29, 1.82) is 10.5 Å². The van der Waals surface area contributed by atoms with Gasteiger partial charge < -0.3 is 21.9 Å². The number of amidine groups is 2. The van der Waals surface area contributed by atoms with Crippen LogP contribution in [0.4, 0.5) is 0 Å². The average molecular weight is 304 g/mol. The summed E-state index contributed by atoms with van der Waals surface area (Å²) >= 11 is 0. The Labute approximate surface area is 119 Å². The molecule has 0 aliphatic carbocycles. The molecule has 0 bridgehead atoms.